The number of nitrogens with zero attached hydrogens (tertiary/aromatic N) is 3. The lowest BCUT2D eigenvalue weighted by molar-refractivity contribution is 0.199. The summed E-state index contributed by atoms with van der Waals surface area (Å²) >= 11 is 0. The van der Waals surface area contributed by atoms with E-state index in [4.69, 9.17) is 0 Å². The molecule has 28 heavy (non-hydrogen) atoms. The molecule has 6 nitrogen and oxygen atoms in total. The Morgan fingerprint density at radius 2 is 2.18 bits per heavy atom. The first-order valence-electron chi connectivity index (χ1n) is 9.48. The van der Waals surface area contributed by atoms with Crippen molar-refractivity contribution in [2.75, 3.05) is 6.54 Å². The van der Waals surface area contributed by atoms with Gasteiger partial charge in [0.15, 0.2) is 0 Å². The lowest BCUT2D eigenvalue weighted by atomic mass is 9.95. The van der Waals surface area contributed by atoms with Crippen LogP contribution in [0.4, 0.5) is 0 Å². The molecule has 0 fully saturated rings. The second kappa shape index (κ2) is 6.73. The molecule has 1 aliphatic rings. The number of aromatic nitrogens is 4. The van der Waals surface area contributed by atoms with Crippen molar-refractivity contribution < 1.29 is 0 Å². The Morgan fingerprint density at radius 3 is 3.04 bits per heavy atom. The van der Waals surface area contributed by atoms with E-state index in [1.807, 2.05) is 31.3 Å². The third-order valence-electron chi connectivity index (χ3n) is 5.46. The first-order chi connectivity index (χ1) is 13.7. The average molecular weight is 371 g/mol. The zero-order chi connectivity index (χ0) is 19.1. The molecule has 0 saturated heterocycles. The van der Waals surface area contributed by atoms with Crippen LogP contribution in [0.5, 0.6) is 0 Å². The number of benzene rings is 1. The van der Waals surface area contributed by atoms with Gasteiger partial charge < -0.3 is 9.97 Å². The van der Waals surface area contributed by atoms with E-state index in [-0.39, 0.29) is 11.6 Å². The van der Waals surface area contributed by atoms with E-state index in [0.717, 1.165) is 58.5 Å². The molecule has 2 N–H and O–H groups in total. The number of rotatable bonds is 3. The molecule has 1 aromatic carbocycles. The van der Waals surface area contributed by atoms with Gasteiger partial charge in [0, 0.05) is 48.7 Å². The first kappa shape index (κ1) is 16.9. The van der Waals surface area contributed by atoms with Gasteiger partial charge in [0.2, 0.25) is 0 Å². The Morgan fingerprint density at radius 1 is 1.25 bits per heavy atom. The number of imidazole rings is 1. The lowest BCUT2D eigenvalue weighted by Gasteiger charge is -2.34. The van der Waals surface area contributed by atoms with E-state index < -0.39 is 0 Å². The Kier molecular flexibility index (Phi) is 4.06. The predicted octanol–water partition coefficient (Wildman–Crippen LogP) is 3.10. The van der Waals surface area contributed by atoms with Crippen LogP contribution in [0.1, 0.15) is 34.1 Å². The van der Waals surface area contributed by atoms with Crippen molar-refractivity contribution in [3.63, 3.8) is 0 Å². The number of aryl methyl sites for hydroxylation is 1. The van der Waals surface area contributed by atoms with Gasteiger partial charge in [-0.1, -0.05) is 18.2 Å². The molecule has 0 saturated carbocycles. The quantitative estimate of drug-likeness (QED) is 0.580. The number of hydrogen-bond acceptors (Lipinski definition) is 4. The average Bonchev–Trinajstić information content (AvgIpc) is 3.17. The molecule has 0 aliphatic carbocycles. The van der Waals surface area contributed by atoms with Crippen LogP contribution in [0.25, 0.3) is 10.9 Å². The first-order valence-corrected chi connectivity index (χ1v) is 9.48. The molecule has 140 valence electrons. The standard InChI is InChI=1S/C22H21N5O/c1-14-4-5-16-10-17(22(28)26-19(16)9-14)21-20-18(24-13-25-20)6-8-27(21)12-15-3-2-7-23-11-15/h2-5,7,9-11,13,21H,6,8,12H2,1H3,(H,24,25)(H,26,28)/t21-/m0/s1. The zero-order valence-electron chi connectivity index (χ0n) is 15.6. The number of aromatic amines is 2. The second-order valence-electron chi connectivity index (χ2n) is 7.40. The largest absolute Gasteiger partial charge is 0.348 e. The third-order valence-corrected chi connectivity index (χ3v) is 5.46. The number of fused-ring (bicyclic) bond motifs is 2. The van der Waals surface area contributed by atoms with Gasteiger partial charge in [-0.3, -0.25) is 14.7 Å². The molecule has 0 unspecified atom stereocenters. The van der Waals surface area contributed by atoms with Gasteiger partial charge in [-0.05, 0) is 41.6 Å². The van der Waals surface area contributed by atoms with Crippen LogP contribution in [0.15, 0.2) is 59.9 Å². The van der Waals surface area contributed by atoms with E-state index in [9.17, 15) is 4.79 Å². The maximum Gasteiger partial charge on any atom is 0.253 e. The molecule has 1 atom stereocenters. The molecule has 0 bridgehead atoms. The molecule has 4 aromatic rings. The van der Waals surface area contributed by atoms with E-state index >= 15 is 0 Å². The van der Waals surface area contributed by atoms with Gasteiger partial charge in [-0.2, -0.15) is 0 Å². The SMILES string of the molecule is Cc1ccc2cc([C@H]3c4nc[nH]c4CCN3Cc3cccnc3)c(=O)[nH]c2c1. The minimum Gasteiger partial charge on any atom is -0.348 e. The summed E-state index contributed by atoms with van der Waals surface area (Å²) in [5.41, 5.74) is 5.83. The topological polar surface area (TPSA) is 77.7 Å². The molecule has 0 amide bonds. The van der Waals surface area contributed by atoms with Gasteiger partial charge >= 0.3 is 0 Å². The van der Waals surface area contributed by atoms with E-state index in [2.05, 4.69) is 43.0 Å². The number of pyridine rings is 2. The van der Waals surface area contributed by atoms with Crippen molar-refractivity contribution >= 4 is 10.9 Å². The number of hydrogen-bond donors (Lipinski definition) is 2. The Labute approximate surface area is 162 Å². The number of nitrogens with one attached hydrogen (secondary N) is 2. The summed E-state index contributed by atoms with van der Waals surface area (Å²) < 4.78 is 0. The van der Waals surface area contributed by atoms with Crippen molar-refractivity contribution in [3.05, 3.63) is 93.6 Å². The maximum absolute atomic E-state index is 13.0. The van der Waals surface area contributed by atoms with Gasteiger partial charge in [0.1, 0.15) is 0 Å². The summed E-state index contributed by atoms with van der Waals surface area (Å²) in [6.45, 7) is 3.59. The summed E-state index contributed by atoms with van der Waals surface area (Å²) in [7, 11) is 0. The maximum atomic E-state index is 13.0. The fraction of sp³-hybridized carbons (Fsp3) is 0.227. The lowest BCUT2D eigenvalue weighted by Crippen LogP contribution is -2.38. The smallest absolute Gasteiger partial charge is 0.253 e. The third kappa shape index (κ3) is 2.92. The van der Waals surface area contributed by atoms with E-state index in [0.29, 0.717) is 0 Å². The van der Waals surface area contributed by atoms with Crippen molar-refractivity contribution in [3.8, 4) is 0 Å². The fourth-order valence-corrected chi connectivity index (χ4v) is 4.10. The van der Waals surface area contributed by atoms with Crippen LogP contribution in [-0.2, 0) is 13.0 Å². The van der Waals surface area contributed by atoms with Gasteiger partial charge in [-0.15, -0.1) is 0 Å². The highest BCUT2D eigenvalue weighted by molar-refractivity contribution is 5.79. The normalized spacial score (nSPS) is 17.0. The molecule has 0 radical (unpaired) electrons. The van der Waals surface area contributed by atoms with Crippen molar-refractivity contribution in [2.45, 2.75) is 25.9 Å². The molecule has 6 heteroatoms. The molecule has 0 spiro atoms. The molecule has 1 aliphatic heterocycles. The summed E-state index contributed by atoms with van der Waals surface area (Å²) in [4.78, 5) is 30.5. The van der Waals surface area contributed by atoms with Crippen LogP contribution in [-0.4, -0.2) is 31.4 Å². The van der Waals surface area contributed by atoms with E-state index in [1.54, 1.807) is 12.5 Å². The summed E-state index contributed by atoms with van der Waals surface area (Å²) in [5.74, 6) is 0. The monoisotopic (exact) mass is 371 g/mol. The number of H-pyrrole nitrogens is 2. The molecular weight excluding hydrogens is 350 g/mol. The fourth-order valence-electron chi connectivity index (χ4n) is 4.10. The van der Waals surface area contributed by atoms with Crippen molar-refractivity contribution in [2.24, 2.45) is 0 Å². The predicted molar refractivity (Wildman–Crippen MR) is 108 cm³/mol. The minimum atomic E-state index is -0.190. The van der Waals surface area contributed by atoms with Gasteiger partial charge in [0.05, 0.1) is 18.1 Å². The van der Waals surface area contributed by atoms with E-state index in [1.165, 1.54) is 0 Å². The molecule has 5 rings (SSSR count). The molecule has 4 heterocycles. The van der Waals surface area contributed by atoms with Crippen molar-refractivity contribution in [1.29, 1.82) is 0 Å². The highest BCUT2D eigenvalue weighted by Crippen LogP contribution is 2.33. The zero-order valence-corrected chi connectivity index (χ0v) is 15.6. The Hall–Kier alpha value is -3.25. The Bertz CT molecular complexity index is 1190. The van der Waals surface area contributed by atoms with Crippen LogP contribution < -0.4 is 5.56 Å². The molecule has 3 aromatic heterocycles. The van der Waals surface area contributed by atoms with Crippen LogP contribution in [0, 0.1) is 6.92 Å². The van der Waals surface area contributed by atoms with Gasteiger partial charge in [-0.25, -0.2) is 4.98 Å². The highest BCUT2D eigenvalue weighted by atomic mass is 16.1. The molecular formula is C22H21N5O. The summed E-state index contributed by atoms with van der Waals surface area (Å²) in [5, 5.41) is 1.03. The highest BCUT2D eigenvalue weighted by Gasteiger charge is 2.32. The summed E-state index contributed by atoms with van der Waals surface area (Å²) in [6, 6.07) is 12.0. The van der Waals surface area contributed by atoms with Crippen LogP contribution in [0.3, 0.4) is 0 Å². The van der Waals surface area contributed by atoms with Gasteiger partial charge in [0.25, 0.3) is 5.56 Å². The second-order valence-corrected chi connectivity index (χ2v) is 7.40. The van der Waals surface area contributed by atoms with Crippen LogP contribution in [0.2, 0.25) is 0 Å². The summed E-state index contributed by atoms with van der Waals surface area (Å²) in [6.07, 6.45) is 6.27. The van der Waals surface area contributed by atoms with Crippen molar-refractivity contribution in [1.82, 2.24) is 24.8 Å². The Balaban J connectivity index is 1.64. The van der Waals surface area contributed by atoms with Crippen LogP contribution >= 0.6 is 0 Å². The minimum absolute atomic E-state index is 0.0601.